The van der Waals surface area contributed by atoms with E-state index in [0.717, 1.165) is 27.9 Å². The molecule has 0 radical (unpaired) electrons. The van der Waals surface area contributed by atoms with Crippen LogP contribution in [0.5, 0.6) is 0 Å². The highest BCUT2D eigenvalue weighted by Crippen LogP contribution is 2.19. The van der Waals surface area contributed by atoms with Crippen molar-refractivity contribution in [3.8, 4) is 0 Å². The van der Waals surface area contributed by atoms with E-state index >= 15 is 0 Å². The SMILES string of the molecule is C=CC(=O)NCCc1nc2ccccc2n1Cc1ccc(Br)cc1. The van der Waals surface area contributed by atoms with Gasteiger partial charge in [0.05, 0.1) is 11.0 Å². The second-order valence-electron chi connectivity index (χ2n) is 5.47. The third kappa shape index (κ3) is 3.74. The predicted octanol–water partition coefficient (Wildman–Crippen LogP) is 3.69. The Labute approximate surface area is 149 Å². The first-order chi connectivity index (χ1) is 11.7. The van der Waals surface area contributed by atoms with Crippen molar-refractivity contribution in [1.29, 1.82) is 0 Å². The smallest absolute Gasteiger partial charge is 0.243 e. The van der Waals surface area contributed by atoms with Gasteiger partial charge in [-0.25, -0.2) is 4.98 Å². The van der Waals surface area contributed by atoms with E-state index in [1.807, 2.05) is 30.3 Å². The third-order valence-corrected chi connectivity index (χ3v) is 4.35. The maximum atomic E-state index is 11.3. The molecule has 0 unspecified atom stereocenters. The number of halogens is 1. The van der Waals surface area contributed by atoms with E-state index in [1.54, 1.807) is 0 Å². The van der Waals surface area contributed by atoms with Crippen LogP contribution in [-0.2, 0) is 17.8 Å². The van der Waals surface area contributed by atoms with Gasteiger partial charge in [0.25, 0.3) is 0 Å². The van der Waals surface area contributed by atoms with Crippen molar-refractivity contribution in [3.63, 3.8) is 0 Å². The molecule has 0 aliphatic heterocycles. The van der Waals surface area contributed by atoms with Crippen molar-refractivity contribution in [2.24, 2.45) is 0 Å². The van der Waals surface area contributed by atoms with Crippen LogP contribution in [0.4, 0.5) is 0 Å². The summed E-state index contributed by atoms with van der Waals surface area (Å²) in [6.07, 6.45) is 1.95. The molecule has 1 aromatic heterocycles. The summed E-state index contributed by atoms with van der Waals surface area (Å²) in [6.45, 7) is 4.75. The average molecular weight is 384 g/mol. The lowest BCUT2D eigenvalue weighted by Crippen LogP contribution is -2.24. The summed E-state index contributed by atoms with van der Waals surface area (Å²) in [4.78, 5) is 16.0. The number of aromatic nitrogens is 2. The molecule has 0 bridgehead atoms. The molecule has 3 aromatic rings. The fraction of sp³-hybridized carbons (Fsp3) is 0.158. The normalized spacial score (nSPS) is 10.7. The average Bonchev–Trinajstić information content (AvgIpc) is 2.94. The van der Waals surface area contributed by atoms with Gasteiger partial charge in [-0.3, -0.25) is 4.79 Å². The zero-order valence-electron chi connectivity index (χ0n) is 13.2. The number of nitrogens with zero attached hydrogens (tertiary/aromatic N) is 2. The minimum absolute atomic E-state index is 0.162. The summed E-state index contributed by atoms with van der Waals surface area (Å²) < 4.78 is 3.27. The number of hydrogen-bond acceptors (Lipinski definition) is 2. The molecule has 0 aliphatic rings. The molecule has 4 nitrogen and oxygen atoms in total. The van der Waals surface area contributed by atoms with E-state index in [2.05, 4.69) is 50.6 Å². The van der Waals surface area contributed by atoms with Crippen LogP contribution in [0.25, 0.3) is 11.0 Å². The van der Waals surface area contributed by atoms with Gasteiger partial charge in [-0.2, -0.15) is 0 Å². The molecule has 0 atom stereocenters. The number of fused-ring (bicyclic) bond motifs is 1. The molecule has 1 amide bonds. The molecule has 2 aromatic carbocycles. The lowest BCUT2D eigenvalue weighted by Gasteiger charge is -2.10. The lowest BCUT2D eigenvalue weighted by atomic mass is 10.2. The van der Waals surface area contributed by atoms with Crippen LogP contribution in [0, 0.1) is 0 Å². The Morgan fingerprint density at radius 1 is 1.21 bits per heavy atom. The summed E-state index contributed by atoms with van der Waals surface area (Å²) >= 11 is 3.46. The second kappa shape index (κ2) is 7.45. The van der Waals surface area contributed by atoms with Gasteiger partial charge in [-0.1, -0.05) is 46.8 Å². The molecule has 0 fully saturated rings. The Bertz CT molecular complexity index is 868. The maximum absolute atomic E-state index is 11.3. The number of benzene rings is 2. The fourth-order valence-electron chi connectivity index (χ4n) is 2.63. The second-order valence-corrected chi connectivity index (χ2v) is 6.39. The minimum atomic E-state index is -0.162. The molecule has 24 heavy (non-hydrogen) atoms. The first kappa shape index (κ1) is 16.5. The Morgan fingerprint density at radius 3 is 2.71 bits per heavy atom. The van der Waals surface area contributed by atoms with Crippen LogP contribution in [0.15, 0.2) is 65.7 Å². The van der Waals surface area contributed by atoms with Gasteiger partial charge >= 0.3 is 0 Å². The highest BCUT2D eigenvalue weighted by molar-refractivity contribution is 9.10. The largest absolute Gasteiger partial charge is 0.352 e. The summed E-state index contributed by atoms with van der Waals surface area (Å²) in [5.74, 6) is 0.800. The maximum Gasteiger partial charge on any atom is 0.243 e. The van der Waals surface area contributed by atoms with Crippen molar-refractivity contribution in [1.82, 2.24) is 14.9 Å². The quantitative estimate of drug-likeness (QED) is 0.659. The van der Waals surface area contributed by atoms with E-state index < -0.39 is 0 Å². The zero-order chi connectivity index (χ0) is 16.9. The molecule has 122 valence electrons. The van der Waals surface area contributed by atoms with Gasteiger partial charge in [-0.05, 0) is 35.9 Å². The summed E-state index contributed by atoms with van der Waals surface area (Å²) in [7, 11) is 0. The Kier molecular flexibility index (Phi) is 5.11. The van der Waals surface area contributed by atoms with E-state index in [0.29, 0.717) is 13.0 Å². The van der Waals surface area contributed by atoms with Crippen LogP contribution in [0.2, 0.25) is 0 Å². The monoisotopic (exact) mass is 383 g/mol. The summed E-state index contributed by atoms with van der Waals surface area (Å²) in [5, 5.41) is 2.81. The first-order valence-electron chi connectivity index (χ1n) is 7.76. The molecular weight excluding hydrogens is 366 g/mol. The van der Waals surface area contributed by atoms with Gasteiger partial charge in [0, 0.05) is 24.0 Å². The Balaban J connectivity index is 1.88. The molecule has 1 N–H and O–H groups in total. The topological polar surface area (TPSA) is 46.9 Å². The van der Waals surface area contributed by atoms with Crippen LogP contribution in [-0.4, -0.2) is 22.0 Å². The molecule has 0 saturated heterocycles. The van der Waals surface area contributed by atoms with Crippen molar-refractivity contribution in [3.05, 3.63) is 77.0 Å². The molecule has 0 spiro atoms. The van der Waals surface area contributed by atoms with Gasteiger partial charge in [0.2, 0.25) is 5.91 Å². The van der Waals surface area contributed by atoms with E-state index in [1.165, 1.54) is 11.6 Å². The third-order valence-electron chi connectivity index (χ3n) is 3.82. The van der Waals surface area contributed by atoms with Gasteiger partial charge < -0.3 is 9.88 Å². The van der Waals surface area contributed by atoms with E-state index in [9.17, 15) is 4.79 Å². The molecular formula is C19H18BrN3O. The number of nitrogens with one attached hydrogen (secondary N) is 1. The van der Waals surface area contributed by atoms with E-state index in [-0.39, 0.29) is 5.91 Å². The highest BCUT2D eigenvalue weighted by atomic mass is 79.9. The number of amides is 1. The van der Waals surface area contributed by atoms with Gasteiger partial charge in [-0.15, -0.1) is 0 Å². The molecule has 1 heterocycles. The first-order valence-corrected chi connectivity index (χ1v) is 8.55. The number of carbonyl (C=O) groups is 1. The van der Waals surface area contributed by atoms with E-state index in [4.69, 9.17) is 4.98 Å². The fourth-order valence-corrected chi connectivity index (χ4v) is 2.90. The standard InChI is InChI=1S/C19H18BrN3O/c1-2-19(24)21-12-11-18-22-16-5-3-4-6-17(16)23(18)13-14-7-9-15(20)10-8-14/h2-10H,1,11-13H2,(H,21,24). The van der Waals surface area contributed by atoms with Crippen molar-refractivity contribution in [2.75, 3.05) is 6.54 Å². The summed E-state index contributed by atoms with van der Waals surface area (Å²) in [5.41, 5.74) is 3.28. The molecule has 5 heteroatoms. The number of hydrogen-bond donors (Lipinski definition) is 1. The summed E-state index contributed by atoms with van der Waals surface area (Å²) in [6, 6.07) is 16.4. The molecule has 0 saturated carbocycles. The van der Waals surface area contributed by atoms with Crippen LogP contribution in [0.3, 0.4) is 0 Å². The number of para-hydroxylation sites is 2. The van der Waals surface area contributed by atoms with Crippen molar-refractivity contribution < 1.29 is 4.79 Å². The zero-order valence-corrected chi connectivity index (χ0v) is 14.8. The highest BCUT2D eigenvalue weighted by Gasteiger charge is 2.11. The molecule has 0 aliphatic carbocycles. The van der Waals surface area contributed by atoms with Gasteiger partial charge in [0.1, 0.15) is 5.82 Å². The predicted molar refractivity (Wildman–Crippen MR) is 99.9 cm³/mol. The number of rotatable bonds is 6. The van der Waals surface area contributed by atoms with Crippen LogP contribution < -0.4 is 5.32 Å². The van der Waals surface area contributed by atoms with Crippen molar-refractivity contribution >= 4 is 32.9 Å². The van der Waals surface area contributed by atoms with Crippen LogP contribution >= 0.6 is 15.9 Å². The number of imidazole rings is 1. The number of carbonyl (C=O) groups excluding carboxylic acids is 1. The van der Waals surface area contributed by atoms with Crippen LogP contribution in [0.1, 0.15) is 11.4 Å². The Hall–Kier alpha value is -2.40. The minimum Gasteiger partial charge on any atom is -0.352 e. The lowest BCUT2D eigenvalue weighted by molar-refractivity contribution is -0.116. The van der Waals surface area contributed by atoms with Crippen molar-refractivity contribution in [2.45, 2.75) is 13.0 Å². The van der Waals surface area contributed by atoms with Gasteiger partial charge in [0.15, 0.2) is 0 Å². The Morgan fingerprint density at radius 2 is 1.96 bits per heavy atom. The molecule has 3 rings (SSSR count).